The molecule has 1 aromatic heterocycles. The molecule has 0 bridgehead atoms. The van der Waals surface area contributed by atoms with Gasteiger partial charge in [-0.3, -0.25) is 4.79 Å². The topological polar surface area (TPSA) is 118 Å². The maximum atomic E-state index is 15.1. The molecule has 28 heavy (non-hydrogen) atoms. The number of pyridine rings is 1. The number of methoxy groups -OCH3 is 1. The summed E-state index contributed by atoms with van der Waals surface area (Å²) in [5.41, 5.74) is 5.00. The lowest BCUT2D eigenvalue weighted by molar-refractivity contribution is 0.0680. The van der Waals surface area contributed by atoms with Gasteiger partial charge >= 0.3 is 5.97 Å². The van der Waals surface area contributed by atoms with Gasteiger partial charge in [0.2, 0.25) is 5.43 Å². The van der Waals surface area contributed by atoms with Crippen LogP contribution >= 0.6 is 0 Å². The van der Waals surface area contributed by atoms with Crippen LogP contribution in [0.4, 0.5) is 10.1 Å². The smallest absolute Gasteiger partial charge is 0.356 e. The Morgan fingerprint density at radius 2 is 2.04 bits per heavy atom. The minimum Gasteiger partial charge on any atom is -0.502 e. The molecule has 2 aliphatic rings. The number of carboxylic acids is 1. The third kappa shape index (κ3) is 2.61. The number of hydrogen-bond acceptors (Lipinski definition) is 6. The van der Waals surface area contributed by atoms with Crippen LogP contribution in [-0.2, 0) is 0 Å². The highest BCUT2D eigenvalue weighted by Gasteiger charge is 2.37. The summed E-state index contributed by atoms with van der Waals surface area (Å²) in [5, 5.41) is 19.7. The van der Waals surface area contributed by atoms with E-state index in [1.807, 2.05) is 6.92 Å². The number of anilines is 1. The Kier molecular flexibility index (Phi) is 4.22. The van der Waals surface area contributed by atoms with Crippen molar-refractivity contribution < 1.29 is 24.1 Å². The quantitative estimate of drug-likeness (QED) is 0.725. The molecule has 1 aliphatic heterocycles. The number of carbonyl (C=O) groups is 1. The second-order valence-electron chi connectivity index (χ2n) is 7.62. The van der Waals surface area contributed by atoms with E-state index in [9.17, 15) is 19.8 Å². The molecule has 0 unspecified atom stereocenters. The number of hydrogen-bond donors (Lipinski definition) is 3. The highest BCUT2D eigenvalue weighted by atomic mass is 19.1. The molecule has 4 rings (SSSR count). The zero-order chi connectivity index (χ0) is 20.3. The van der Waals surface area contributed by atoms with Crippen molar-refractivity contribution in [2.24, 2.45) is 11.7 Å². The van der Waals surface area contributed by atoms with E-state index >= 15 is 4.39 Å². The lowest BCUT2D eigenvalue weighted by atomic mass is 10.1. The van der Waals surface area contributed by atoms with E-state index in [-0.39, 0.29) is 40.3 Å². The number of rotatable bonds is 4. The first-order valence-electron chi connectivity index (χ1n) is 9.17. The van der Waals surface area contributed by atoms with Crippen molar-refractivity contribution in [1.29, 1.82) is 0 Å². The van der Waals surface area contributed by atoms with Gasteiger partial charge in [-0.05, 0) is 24.8 Å². The number of aromatic nitrogens is 1. The van der Waals surface area contributed by atoms with E-state index in [1.165, 1.54) is 11.7 Å². The van der Waals surface area contributed by atoms with Crippen LogP contribution in [0.15, 0.2) is 10.9 Å². The molecule has 0 radical (unpaired) electrons. The second kappa shape index (κ2) is 6.37. The van der Waals surface area contributed by atoms with Gasteiger partial charge in [0.25, 0.3) is 0 Å². The average Bonchev–Trinajstić information content (AvgIpc) is 3.42. The maximum Gasteiger partial charge on any atom is 0.356 e. The lowest BCUT2D eigenvalue weighted by Gasteiger charge is -2.25. The predicted molar refractivity (Wildman–Crippen MR) is 101 cm³/mol. The van der Waals surface area contributed by atoms with Gasteiger partial charge in [-0.1, -0.05) is 6.92 Å². The molecule has 1 saturated carbocycles. The van der Waals surface area contributed by atoms with Crippen LogP contribution in [0.5, 0.6) is 11.5 Å². The first-order chi connectivity index (χ1) is 13.3. The highest BCUT2D eigenvalue weighted by molar-refractivity contribution is 5.98. The largest absolute Gasteiger partial charge is 0.502 e. The Morgan fingerprint density at radius 1 is 1.36 bits per heavy atom. The summed E-state index contributed by atoms with van der Waals surface area (Å²) in [6, 6.07) is 0.709. The van der Waals surface area contributed by atoms with E-state index < -0.39 is 28.7 Å². The monoisotopic (exact) mass is 391 g/mol. The van der Waals surface area contributed by atoms with Crippen LogP contribution in [0.2, 0.25) is 0 Å². The number of carboxylic acid groups (broad SMARTS) is 1. The van der Waals surface area contributed by atoms with Gasteiger partial charge in [-0.2, -0.15) is 0 Å². The Morgan fingerprint density at radius 3 is 2.54 bits per heavy atom. The fourth-order valence-corrected chi connectivity index (χ4v) is 4.04. The van der Waals surface area contributed by atoms with Crippen molar-refractivity contribution in [1.82, 2.24) is 4.57 Å². The Balaban J connectivity index is 2.11. The molecular formula is C19H22FN3O5. The molecule has 9 heteroatoms. The van der Waals surface area contributed by atoms with Crippen molar-refractivity contribution in [3.05, 3.63) is 27.8 Å². The summed E-state index contributed by atoms with van der Waals surface area (Å²) in [6.45, 7) is 2.89. The Hall–Kier alpha value is -2.81. The van der Waals surface area contributed by atoms with Gasteiger partial charge < -0.3 is 30.2 Å². The van der Waals surface area contributed by atoms with Crippen molar-refractivity contribution >= 4 is 22.6 Å². The normalized spacial score (nSPS) is 22.1. The van der Waals surface area contributed by atoms with E-state index in [2.05, 4.69) is 0 Å². The van der Waals surface area contributed by atoms with Crippen LogP contribution in [0.25, 0.3) is 10.9 Å². The van der Waals surface area contributed by atoms with Crippen LogP contribution in [0.3, 0.4) is 0 Å². The van der Waals surface area contributed by atoms with Gasteiger partial charge in [0.1, 0.15) is 5.69 Å². The fraction of sp³-hybridized carbons (Fsp3) is 0.474. The standard InChI is InChI=1S/C19H22FN3O5/c1-8-6-22(7-12(8)21)14-11(20)5-10-13(18(14)28-2)23(9-3-4-9)15(19(26)27)17(25)16(10)24/h5,8-9,12,25H,3-4,6-7,21H2,1-2H3,(H,26,27)/t8-,12+/m0/s1. The summed E-state index contributed by atoms with van der Waals surface area (Å²) >= 11 is 0. The van der Waals surface area contributed by atoms with Gasteiger partial charge in [-0.25, -0.2) is 9.18 Å². The minimum absolute atomic E-state index is 0.0859. The molecule has 1 saturated heterocycles. The van der Waals surface area contributed by atoms with E-state index in [1.54, 1.807) is 4.90 Å². The molecule has 1 aromatic carbocycles. The van der Waals surface area contributed by atoms with Gasteiger partial charge in [0.15, 0.2) is 23.0 Å². The average molecular weight is 391 g/mol. The van der Waals surface area contributed by atoms with Gasteiger partial charge in [-0.15, -0.1) is 0 Å². The maximum absolute atomic E-state index is 15.1. The molecule has 2 aromatic rings. The van der Waals surface area contributed by atoms with Crippen molar-refractivity contribution in [3.63, 3.8) is 0 Å². The highest BCUT2D eigenvalue weighted by Crippen LogP contribution is 2.46. The van der Waals surface area contributed by atoms with E-state index in [4.69, 9.17) is 10.5 Å². The summed E-state index contributed by atoms with van der Waals surface area (Å²) in [6.07, 6.45) is 1.39. The number of aromatic carboxylic acids is 1. The molecule has 1 aliphatic carbocycles. The van der Waals surface area contributed by atoms with Crippen LogP contribution in [-0.4, -0.2) is 47.0 Å². The van der Waals surface area contributed by atoms with Crippen molar-refractivity contribution in [3.8, 4) is 11.5 Å². The first kappa shape index (κ1) is 18.5. The predicted octanol–water partition coefficient (Wildman–Crippen LogP) is 1.67. The molecule has 2 atom stereocenters. The number of nitrogens with two attached hydrogens (primary N) is 1. The minimum atomic E-state index is -1.42. The molecule has 150 valence electrons. The summed E-state index contributed by atoms with van der Waals surface area (Å²) in [5.74, 6) is -2.76. The van der Waals surface area contributed by atoms with Crippen LogP contribution < -0.4 is 20.8 Å². The number of benzene rings is 1. The van der Waals surface area contributed by atoms with E-state index in [0.29, 0.717) is 25.9 Å². The first-order valence-corrected chi connectivity index (χ1v) is 9.17. The third-order valence-electron chi connectivity index (χ3n) is 5.65. The van der Waals surface area contributed by atoms with Crippen LogP contribution in [0, 0.1) is 11.7 Å². The Labute approximate surface area is 159 Å². The molecule has 8 nitrogen and oxygen atoms in total. The zero-order valence-electron chi connectivity index (χ0n) is 15.6. The number of ether oxygens (including phenoxy) is 1. The SMILES string of the molecule is COc1c(N2C[C@@H](N)[C@@H](C)C2)c(F)cc2c(=O)c(O)c(C(=O)O)n(C3CC3)c12. The number of halogens is 1. The lowest BCUT2D eigenvalue weighted by Crippen LogP contribution is -2.29. The summed E-state index contributed by atoms with van der Waals surface area (Å²) in [4.78, 5) is 26.2. The summed E-state index contributed by atoms with van der Waals surface area (Å²) < 4.78 is 22.0. The van der Waals surface area contributed by atoms with E-state index in [0.717, 1.165) is 6.07 Å². The molecule has 0 spiro atoms. The number of aromatic hydroxyl groups is 1. The molecule has 2 heterocycles. The fourth-order valence-electron chi connectivity index (χ4n) is 4.04. The Bertz CT molecular complexity index is 1040. The van der Waals surface area contributed by atoms with Crippen LogP contribution in [0.1, 0.15) is 36.3 Å². The zero-order valence-corrected chi connectivity index (χ0v) is 15.6. The van der Waals surface area contributed by atoms with Gasteiger partial charge in [0.05, 0.1) is 18.0 Å². The molecular weight excluding hydrogens is 369 g/mol. The molecule has 4 N–H and O–H groups in total. The third-order valence-corrected chi connectivity index (χ3v) is 5.65. The van der Waals surface area contributed by atoms with Crippen molar-refractivity contribution in [2.75, 3.05) is 25.1 Å². The molecule has 0 amide bonds. The van der Waals surface area contributed by atoms with Gasteiger partial charge in [0, 0.05) is 25.2 Å². The number of nitrogens with zero attached hydrogens (tertiary/aromatic N) is 2. The number of fused-ring (bicyclic) bond motifs is 1. The van der Waals surface area contributed by atoms with Crippen molar-refractivity contribution in [2.45, 2.75) is 31.8 Å². The summed E-state index contributed by atoms with van der Waals surface area (Å²) in [7, 11) is 1.35. The second-order valence-corrected chi connectivity index (χ2v) is 7.62. The molecule has 2 fully saturated rings.